The van der Waals surface area contributed by atoms with Gasteiger partial charge in [0.25, 0.3) is 5.91 Å². The van der Waals surface area contributed by atoms with Gasteiger partial charge in [0, 0.05) is 13.6 Å². The zero-order valence-corrected chi connectivity index (χ0v) is 12.5. The van der Waals surface area contributed by atoms with Gasteiger partial charge in [0.15, 0.2) is 18.1 Å². The van der Waals surface area contributed by atoms with Gasteiger partial charge in [-0.2, -0.15) is 0 Å². The van der Waals surface area contributed by atoms with E-state index in [-0.39, 0.29) is 12.5 Å². The quantitative estimate of drug-likeness (QED) is 0.782. The summed E-state index contributed by atoms with van der Waals surface area (Å²) < 4.78 is 10.8. The van der Waals surface area contributed by atoms with Crippen LogP contribution in [0.2, 0.25) is 0 Å². The van der Waals surface area contributed by atoms with Crippen molar-refractivity contribution >= 4 is 5.91 Å². The number of nitrogens with two attached hydrogens (primary N) is 1. The molecule has 0 fully saturated rings. The molecule has 0 aliphatic rings. The third-order valence-electron chi connectivity index (χ3n) is 3.11. The van der Waals surface area contributed by atoms with Gasteiger partial charge < -0.3 is 20.1 Å². The lowest BCUT2D eigenvalue weighted by atomic mass is 10.1. The largest absolute Gasteiger partial charge is 0.493 e. The fraction of sp³-hybridized carbons (Fsp3) is 0.533. The molecule has 0 aliphatic heterocycles. The SMILES string of the molecule is CCc1ccc(OCC(=O)N(C)CCCN)c(OC)c1. The second-order valence-electron chi connectivity index (χ2n) is 4.58. The van der Waals surface area contributed by atoms with Crippen molar-refractivity contribution in [2.75, 3.05) is 33.9 Å². The van der Waals surface area contributed by atoms with E-state index in [9.17, 15) is 4.79 Å². The molecule has 1 rings (SSSR count). The van der Waals surface area contributed by atoms with Gasteiger partial charge >= 0.3 is 0 Å². The average Bonchev–Trinajstić information content (AvgIpc) is 2.49. The number of rotatable bonds is 8. The molecule has 5 nitrogen and oxygen atoms in total. The maximum atomic E-state index is 11.9. The molecule has 1 amide bonds. The highest BCUT2D eigenvalue weighted by molar-refractivity contribution is 5.77. The Morgan fingerprint density at radius 3 is 2.70 bits per heavy atom. The molecular formula is C15H24N2O3. The van der Waals surface area contributed by atoms with Gasteiger partial charge in [0.2, 0.25) is 0 Å². The first kappa shape index (κ1) is 16.3. The highest BCUT2D eigenvalue weighted by atomic mass is 16.5. The van der Waals surface area contributed by atoms with Gasteiger partial charge in [-0.15, -0.1) is 0 Å². The Labute approximate surface area is 120 Å². The first-order chi connectivity index (χ1) is 9.62. The Balaban J connectivity index is 2.58. The molecular weight excluding hydrogens is 256 g/mol. The third-order valence-corrected chi connectivity index (χ3v) is 3.11. The van der Waals surface area contributed by atoms with Crippen LogP contribution in [0.5, 0.6) is 11.5 Å². The number of ether oxygens (including phenoxy) is 2. The molecule has 0 bridgehead atoms. The van der Waals surface area contributed by atoms with Gasteiger partial charge in [-0.25, -0.2) is 0 Å². The Bertz CT molecular complexity index is 435. The molecule has 5 heteroatoms. The summed E-state index contributed by atoms with van der Waals surface area (Å²) >= 11 is 0. The number of likely N-dealkylation sites (N-methyl/N-ethyl adjacent to an activating group) is 1. The molecule has 0 saturated heterocycles. The van der Waals surface area contributed by atoms with Crippen molar-refractivity contribution < 1.29 is 14.3 Å². The molecule has 0 unspecified atom stereocenters. The van der Waals surface area contributed by atoms with E-state index in [1.54, 1.807) is 19.1 Å². The lowest BCUT2D eigenvalue weighted by Gasteiger charge is -2.17. The van der Waals surface area contributed by atoms with Crippen molar-refractivity contribution in [2.24, 2.45) is 5.73 Å². The Morgan fingerprint density at radius 1 is 1.35 bits per heavy atom. The van der Waals surface area contributed by atoms with Crippen molar-refractivity contribution in [3.63, 3.8) is 0 Å². The van der Waals surface area contributed by atoms with Crippen LogP contribution in [-0.4, -0.2) is 44.7 Å². The standard InChI is InChI=1S/C15H24N2O3/c1-4-12-6-7-13(14(10-12)19-3)20-11-15(18)17(2)9-5-8-16/h6-7,10H,4-5,8-9,11,16H2,1-3H3. The predicted octanol–water partition coefficient (Wildman–Crippen LogP) is 1.44. The molecule has 1 aromatic carbocycles. The van der Waals surface area contributed by atoms with Crippen molar-refractivity contribution in [1.82, 2.24) is 4.90 Å². The molecule has 112 valence electrons. The second-order valence-corrected chi connectivity index (χ2v) is 4.58. The monoisotopic (exact) mass is 280 g/mol. The summed E-state index contributed by atoms with van der Waals surface area (Å²) in [6, 6.07) is 5.74. The van der Waals surface area contributed by atoms with Crippen LogP contribution in [0, 0.1) is 0 Å². The smallest absolute Gasteiger partial charge is 0.260 e. The number of nitrogens with zero attached hydrogens (tertiary/aromatic N) is 1. The number of aryl methyl sites for hydroxylation is 1. The maximum absolute atomic E-state index is 11.9. The fourth-order valence-electron chi connectivity index (χ4n) is 1.75. The zero-order chi connectivity index (χ0) is 15.0. The Kier molecular flexibility index (Phi) is 6.87. The number of benzene rings is 1. The van der Waals surface area contributed by atoms with Crippen molar-refractivity contribution in [3.8, 4) is 11.5 Å². The molecule has 20 heavy (non-hydrogen) atoms. The van der Waals surface area contributed by atoms with Crippen molar-refractivity contribution in [1.29, 1.82) is 0 Å². The van der Waals surface area contributed by atoms with Crippen LogP contribution < -0.4 is 15.2 Å². The number of methoxy groups -OCH3 is 1. The number of amides is 1. The number of carbonyl (C=O) groups excluding carboxylic acids is 1. The van der Waals surface area contributed by atoms with Crippen molar-refractivity contribution in [2.45, 2.75) is 19.8 Å². The topological polar surface area (TPSA) is 64.8 Å². The molecule has 0 aromatic heterocycles. The third kappa shape index (κ3) is 4.74. The summed E-state index contributed by atoms with van der Waals surface area (Å²) in [5, 5.41) is 0. The van der Waals surface area contributed by atoms with E-state index in [0.29, 0.717) is 24.6 Å². The first-order valence-electron chi connectivity index (χ1n) is 6.86. The fourth-order valence-corrected chi connectivity index (χ4v) is 1.75. The van der Waals surface area contributed by atoms with Crippen LogP contribution in [0.4, 0.5) is 0 Å². The van der Waals surface area contributed by atoms with Crippen LogP contribution in [0.25, 0.3) is 0 Å². The lowest BCUT2D eigenvalue weighted by Crippen LogP contribution is -2.33. The summed E-state index contributed by atoms with van der Waals surface area (Å²) in [6.07, 6.45) is 1.72. The molecule has 0 saturated carbocycles. The number of hydrogen-bond donors (Lipinski definition) is 1. The zero-order valence-electron chi connectivity index (χ0n) is 12.5. The van der Waals surface area contributed by atoms with E-state index in [2.05, 4.69) is 6.92 Å². The molecule has 0 heterocycles. The molecule has 0 atom stereocenters. The van der Waals surface area contributed by atoms with E-state index in [1.165, 1.54) is 5.56 Å². The normalized spacial score (nSPS) is 10.2. The predicted molar refractivity (Wildman–Crippen MR) is 79.2 cm³/mol. The summed E-state index contributed by atoms with van der Waals surface area (Å²) in [5.41, 5.74) is 6.59. The van der Waals surface area contributed by atoms with Gasteiger partial charge in [0.05, 0.1) is 7.11 Å². The van der Waals surface area contributed by atoms with Crippen LogP contribution >= 0.6 is 0 Å². The Morgan fingerprint density at radius 2 is 2.10 bits per heavy atom. The minimum atomic E-state index is -0.0694. The van der Waals surface area contributed by atoms with Crippen LogP contribution in [0.3, 0.4) is 0 Å². The Hall–Kier alpha value is -1.75. The van der Waals surface area contributed by atoms with Crippen molar-refractivity contribution in [3.05, 3.63) is 23.8 Å². The maximum Gasteiger partial charge on any atom is 0.260 e. The highest BCUT2D eigenvalue weighted by Gasteiger charge is 2.11. The summed E-state index contributed by atoms with van der Waals surface area (Å²) in [6.45, 7) is 3.30. The van der Waals surface area contributed by atoms with E-state index < -0.39 is 0 Å². The lowest BCUT2D eigenvalue weighted by molar-refractivity contribution is -0.132. The minimum absolute atomic E-state index is 0.00288. The van der Waals surface area contributed by atoms with Crippen LogP contribution in [0.15, 0.2) is 18.2 Å². The van der Waals surface area contributed by atoms with E-state index in [4.69, 9.17) is 15.2 Å². The van der Waals surface area contributed by atoms with Gasteiger partial charge in [-0.1, -0.05) is 13.0 Å². The summed E-state index contributed by atoms with van der Waals surface area (Å²) in [4.78, 5) is 13.5. The minimum Gasteiger partial charge on any atom is -0.493 e. The molecule has 0 radical (unpaired) electrons. The van der Waals surface area contributed by atoms with Gasteiger partial charge in [-0.05, 0) is 37.1 Å². The van der Waals surface area contributed by atoms with Gasteiger partial charge in [-0.3, -0.25) is 4.79 Å². The van der Waals surface area contributed by atoms with Crippen LogP contribution in [0.1, 0.15) is 18.9 Å². The van der Waals surface area contributed by atoms with Crippen LogP contribution in [-0.2, 0) is 11.2 Å². The second kappa shape index (κ2) is 8.43. The molecule has 0 spiro atoms. The molecule has 0 aliphatic carbocycles. The highest BCUT2D eigenvalue weighted by Crippen LogP contribution is 2.28. The first-order valence-corrected chi connectivity index (χ1v) is 6.86. The summed E-state index contributed by atoms with van der Waals surface area (Å²) in [7, 11) is 3.34. The molecule has 2 N–H and O–H groups in total. The summed E-state index contributed by atoms with van der Waals surface area (Å²) in [5.74, 6) is 1.17. The average molecular weight is 280 g/mol. The molecule has 1 aromatic rings. The van der Waals surface area contributed by atoms with Gasteiger partial charge in [0.1, 0.15) is 0 Å². The number of carbonyl (C=O) groups is 1. The van der Waals surface area contributed by atoms with E-state index in [1.807, 2.05) is 18.2 Å². The van der Waals surface area contributed by atoms with E-state index in [0.717, 1.165) is 12.8 Å². The van der Waals surface area contributed by atoms with E-state index >= 15 is 0 Å². The number of hydrogen-bond acceptors (Lipinski definition) is 4.